The lowest BCUT2D eigenvalue weighted by atomic mass is 10.1. The Hall–Kier alpha value is -1.06. The highest BCUT2D eigenvalue weighted by Crippen LogP contribution is 2.20. The second-order valence-corrected chi connectivity index (χ2v) is 4.43. The molecule has 1 unspecified atom stereocenters. The molecule has 96 valence electrons. The van der Waals surface area contributed by atoms with Crippen molar-refractivity contribution in [3.8, 4) is 5.75 Å². The van der Waals surface area contributed by atoms with Gasteiger partial charge in [-0.3, -0.25) is 0 Å². The van der Waals surface area contributed by atoms with Crippen LogP contribution in [0.15, 0.2) is 18.2 Å². The third-order valence-corrected chi connectivity index (χ3v) is 2.78. The van der Waals surface area contributed by atoms with Gasteiger partial charge in [-0.1, -0.05) is 19.1 Å². The number of ether oxygens (including phenoxy) is 1. The van der Waals surface area contributed by atoms with E-state index in [4.69, 9.17) is 10.5 Å². The number of nitrogens with one attached hydrogen (secondary N) is 1. The third kappa shape index (κ3) is 4.75. The molecule has 0 aromatic heterocycles. The Morgan fingerprint density at radius 2 is 2.18 bits per heavy atom. The quantitative estimate of drug-likeness (QED) is 0.709. The first kappa shape index (κ1) is 14.0. The maximum Gasteiger partial charge on any atom is 0.122 e. The van der Waals surface area contributed by atoms with E-state index >= 15 is 0 Å². The fourth-order valence-corrected chi connectivity index (χ4v) is 1.83. The molecule has 0 aliphatic heterocycles. The molecule has 0 amide bonds. The van der Waals surface area contributed by atoms with Gasteiger partial charge in [-0.05, 0) is 43.5 Å². The van der Waals surface area contributed by atoms with E-state index in [1.54, 1.807) is 7.11 Å². The van der Waals surface area contributed by atoms with Crippen LogP contribution in [0.1, 0.15) is 25.0 Å². The lowest BCUT2D eigenvalue weighted by Gasteiger charge is -2.10. The van der Waals surface area contributed by atoms with Crippen LogP contribution in [-0.2, 0) is 12.8 Å². The molecule has 17 heavy (non-hydrogen) atoms. The van der Waals surface area contributed by atoms with Gasteiger partial charge in [0.15, 0.2) is 0 Å². The molecule has 0 radical (unpaired) electrons. The number of methoxy groups -OCH3 is 1. The van der Waals surface area contributed by atoms with E-state index in [-0.39, 0.29) is 6.04 Å². The summed E-state index contributed by atoms with van der Waals surface area (Å²) in [6, 6.07) is 6.63. The van der Waals surface area contributed by atoms with Crippen LogP contribution in [0.4, 0.5) is 0 Å². The highest BCUT2D eigenvalue weighted by molar-refractivity contribution is 5.37. The smallest absolute Gasteiger partial charge is 0.122 e. The average molecular weight is 236 g/mol. The zero-order valence-corrected chi connectivity index (χ0v) is 11.1. The van der Waals surface area contributed by atoms with Gasteiger partial charge < -0.3 is 15.8 Å². The molecule has 3 nitrogen and oxygen atoms in total. The van der Waals surface area contributed by atoms with Crippen LogP contribution in [0, 0.1) is 0 Å². The van der Waals surface area contributed by atoms with Crippen LogP contribution in [0.25, 0.3) is 0 Å². The van der Waals surface area contributed by atoms with Crippen LogP contribution < -0.4 is 15.8 Å². The summed E-state index contributed by atoms with van der Waals surface area (Å²) in [7, 11) is 1.72. The largest absolute Gasteiger partial charge is 0.496 e. The highest BCUT2D eigenvalue weighted by Gasteiger charge is 2.02. The molecule has 1 atom stereocenters. The maximum atomic E-state index is 5.68. The van der Waals surface area contributed by atoms with E-state index in [0.29, 0.717) is 0 Å². The Labute approximate surface area is 104 Å². The summed E-state index contributed by atoms with van der Waals surface area (Å²) in [5.74, 6) is 0.986. The SMILES string of the molecule is CCc1cc(CCNCC(C)N)ccc1OC. The molecule has 0 aliphatic rings. The monoisotopic (exact) mass is 236 g/mol. The van der Waals surface area contributed by atoms with Gasteiger partial charge in [-0.15, -0.1) is 0 Å². The lowest BCUT2D eigenvalue weighted by Crippen LogP contribution is -2.32. The molecule has 0 heterocycles. The lowest BCUT2D eigenvalue weighted by molar-refractivity contribution is 0.410. The van der Waals surface area contributed by atoms with Crippen molar-refractivity contribution < 1.29 is 4.74 Å². The Morgan fingerprint density at radius 3 is 2.76 bits per heavy atom. The molecule has 0 fully saturated rings. The predicted molar refractivity (Wildman–Crippen MR) is 72.6 cm³/mol. The minimum Gasteiger partial charge on any atom is -0.496 e. The zero-order valence-electron chi connectivity index (χ0n) is 11.1. The molecule has 0 saturated carbocycles. The minimum atomic E-state index is 0.220. The topological polar surface area (TPSA) is 47.3 Å². The molecule has 1 rings (SSSR count). The summed E-state index contributed by atoms with van der Waals surface area (Å²) < 4.78 is 5.32. The van der Waals surface area contributed by atoms with E-state index in [0.717, 1.165) is 31.7 Å². The molecular formula is C14H24N2O. The second kappa shape index (κ2) is 7.30. The van der Waals surface area contributed by atoms with Gasteiger partial charge in [0.25, 0.3) is 0 Å². The first-order chi connectivity index (χ1) is 8.17. The second-order valence-electron chi connectivity index (χ2n) is 4.43. The van der Waals surface area contributed by atoms with Gasteiger partial charge in [-0.25, -0.2) is 0 Å². The fraction of sp³-hybridized carbons (Fsp3) is 0.571. The van der Waals surface area contributed by atoms with Crippen molar-refractivity contribution >= 4 is 0 Å². The van der Waals surface area contributed by atoms with Gasteiger partial charge >= 0.3 is 0 Å². The first-order valence-electron chi connectivity index (χ1n) is 6.29. The van der Waals surface area contributed by atoms with Crippen LogP contribution in [0.2, 0.25) is 0 Å². The van der Waals surface area contributed by atoms with E-state index in [1.165, 1.54) is 11.1 Å². The van der Waals surface area contributed by atoms with Gasteiger partial charge in [0.05, 0.1) is 7.11 Å². The molecule has 0 saturated heterocycles. The Bertz CT molecular complexity index is 337. The predicted octanol–water partition coefficient (Wildman–Crippen LogP) is 1.74. The van der Waals surface area contributed by atoms with Crippen molar-refractivity contribution in [2.75, 3.05) is 20.2 Å². The number of rotatable bonds is 7. The number of hydrogen-bond donors (Lipinski definition) is 2. The summed E-state index contributed by atoms with van der Waals surface area (Å²) in [5.41, 5.74) is 8.30. The first-order valence-corrected chi connectivity index (χ1v) is 6.29. The summed E-state index contributed by atoms with van der Waals surface area (Å²) in [6.45, 7) is 6.00. The van der Waals surface area contributed by atoms with Crippen molar-refractivity contribution in [1.82, 2.24) is 5.32 Å². The summed E-state index contributed by atoms with van der Waals surface area (Å²) in [6.07, 6.45) is 2.04. The Morgan fingerprint density at radius 1 is 1.41 bits per heavy atom. The minimum absolute atomic E-state index is 0.220. The number of benzene rings is 1. The zero-order chi connectivity index (χ0) is 12.7. The molecule has 3 N–H and O–H groups in total. The van der Waals surface area contributed by atoms with Crippen LogP contribution >= 0.6 is 0 Å². The molecule has 1 aromatic carbocycles. The van der Waals surface area contributed by atoms with Gasteiger partial charge in [0.1, 0.15) is 5.75 Å². The van der Waals surface area contributed by atoms with E-state index in [2.05, 4.69) is 30.4 Å². The number of nitrogens with two attached hydrogens (primary N) is 1. The highest BCUT2D eigenvalue weighted by atomic mass is 16.5. The molecule has 0 bridgehead atoms. The van der Waals surface area contributed by atoms with Crippen LogP contribution in [0.3, 0.4) is 0 Å². The number of hydrogen-bond acceptors (Lipinski definition) is 3. The van der Waals surface area contributed by atoms with Gasteiger partial charge in [0, 0.05) is 12.6 Å². The van der Waals surface area contributed by atoms with Crippen molar-refractivity contribution in [3.05, 3.63) is 29.3 Å². The number of aryl methyl sites for hydroxylation is 1. The maximum absolute atomic E-state index is 5.68. The van der Waals surface area contributed by atoms with E-state index in [9.17, 15) is 0 Å². The van der Waals surface area contributed by atoms with E-state index in [1.807, 2.05) is 6.92 Å². The van der Waals surface area contributed by atoms with Crippen molar-refractivity contribution in [1.29, 1.82) is 0 Å². The summed E-state index contributed by atoms with van der Waals surface area (Å²) >= 11 is 0. The molecule has 3 heteroatoms. The molecular weight excluding hydrogens is 212 g/mol. The normalized spacial score (nSPS) is 12.5. The standard InChI is InChI=1S/C14H24N2O/c1-4-13-9-12(5-6-14(13)17-3)7-8-16-10-11(2)15/h5-6,9,11,16H,4,7-8,10,15H2,1-3H3. The summed E-state index contributed by atoms with van der Waals surface area (Å²) in [4.78, 5) is 0. The van der Waals surface area contributed by atoms with Crippen molar-refractivity contribution in [3.63, 3.8) is 0 Å². The molecule has 0 spiro atoms. The van der Waals surface area contributed by atoms with Gasteiger partial charge in [-0.2, -0.15) is 0 Å². The van der Waals surface area contributed by atoms with Crippen molar-refractivity contribution in [2.24, 2.45) is 5.73 Å². The van der Waals surface area contributed by atoms with Crippen molar-refractivity contribution in [2.45, 2.75) is 32.7 Å². The summed E-state index contributed by atoms with van der Waals surface area (Å²) in [5, 5.41) is 3.34. The van der Waals surface area contributed by atoms with Gasteiger partial charge in [0.2, 0.25) is 0 Å². The Kier molecular flexibility index (Phi) is 6.01. The Balaban J connectivity index is 2.48. The van der Waals surface area contributed by atoms with E-state index < -0.39 is 0 Å². The third-order valence-electron chi connectivity index (χ3n) is 2.78. The van der Waals surface area contributed by atoms with Crippen LogP contribution in [0.5, 0.6) is 5.75 Å². The molecule has 1 aromatic rings. The fourth-order valence-electron chi connectivity index (χ4n) is 1.83. The average Bonchev–Trinajstić information content (AvgIpc) is 2.34. The van der Waals surface area contributed by atoms with Crippen LogP contribution in [-0.4, -0.2) is 26.2 Å². The molecule has 0 aliphatic carbocycles.